The molecule has 3 heteroatoms. The molecular weight excluding hydrogens is 216 g/mol. The molecule has 1 aromatic heterocycles. The molecule has 12 heavy (non-hydrogen) atoms. The van der Waals surface area contributed by atoms with Gasteiger partial charge in [-0.15, -0.1) is 0 Å². The van der Waals surface area contributed by atoms with E-state index in [1.54, 1.807) is 0 Å². The number of rotatable bonds is 4. The molecule has 0 unspecified atom stereocenters. The predicted octanol–water partition coefficient (Wildman–Crippen LogP) is 3.08. The van der Waals surface area contributed by atoms with E-state index in [0.29, 0.717) is 0 Å². The molecule has 0 aromatic carbocycles. The van der Waals surface area contributed by atoms with Crippen LogP contribution in [0.2, 0.25) is 0 Å². The number of aromatic amines is 1. The van der Waals surface area contributed by atoms with Crippen molar-refractivity contribution in [1.82, 2.24) is 10.2 Å². The minimum absolute atomic E-state index is 1.06. The molecule has 0 aliphatic rings. The van der Waals surface area contributed by atoms with Crippen LogP contribution >= 0.6 is 15.9 Å². The zero-order valence-electron chi connectivity index (χ0n) is 7.65. The molecule has 0 radical (unpaired) electrons. The summed E-state index contributed by atoms with van der Waals surface area (Å²) in [7, 11) is 0. The number of H-pyrrole nitrogens is 1. The summed E-state index contributed by atoms with van der Waals surface area (Å²) in [6, 6.07) is 0. The summed E-state index contributed by atoms with van der Waals surface area (Å²) in [4.78, 5) is 0. The fourth-order valence-electron chi connectivity index (χ4n) is 1.23. The van der Waals surface area contributed by atoms with E-state index in [-0.39, 0.29) is 0 Å². The molecule has 0 atom stereocenters. The number of hydrogen-bond donors (Lipinski definition) is 1. The topological polar surface area (TPSA) is 28.7 Å². The molecular formula is C9H15BrN2. The number of aryl methyl sites for hydroxylation is 2. The molecule has 1 aromatic rings. The van der Waals surface area contributed by atoms with Crippen LogP contribution in [0, 0.1) is 0 Å². The first kappa shape index (κ1) is 9.78. The first-order valence-corrected chi connectivity index (χ1v) is 5.30. The maximum Gasteiger partial charge on any atom is 0.0766 e. The van der Waals surface area contributed by atoms with Gasteiger partial charge in [-0.05, 0) is 28.8 Å². The highest BCUT2D eigenvalue weighted by Crippen LogP contribution is 2.21. The number of hydrogen-bond acceptors (Lipinski definition) is 1. The van der Waals surface area contributed by atoms with Gasteiger partial charge in [0.15, 0.2) is 0 Å². The van der Waals surface area contributed by atoms with Crippen LogP contribution in [0.4, 0.5) is 0 Å². The van der Waals surface area contributed by atoms with E-state index in [1.807, 2.05) is 0 Å². The second-order valence-corrected chi connectivity index (χ2v) is 3.76. The Kier molecular flexibility index (Phi) is 3.79. The van der Waals surface area contributed by atoms with Gasteiger partial charge in [-0.3, -0.25) is 5.10 Å². The Morgan fingerprint density at radius 3 is 2.50 bits per heavy atom. The second kappa shape index (κ2) is 4.65. The first-order chi connectivity index (χ1) is 5.79. The van der Waals surface area contributed by atoms with E-state index >= 15 is 0 Å². The normalized spacial score (nSPS) is 10.6. The molecule has 1 rings (SSSR count). The van der Waals surface area contributed by atoms with Gasteiger partial charge in [0, 0.05) is 5.69 Å². The van der Waals surface area contributed by atoms with Gasteiger partial charge in [0.05, 0.1) is 10.2 Å². The molecule has 0 aliphatic heterocycles. The molecule has 1 N–H and O–H groups in total. The van der Waals surface area contributed by atoms with Crippen LogP contribution in [0.15, 0.2) is 4.47 Å². The van der Waals surface area contributed by atoms with Gasteiger partial charge in [-0.1, -0.05) is 26.7 Å². The Labute approximate surface area is 81.9 Å². The van der Waals surface area contributed by atoms with Crippen LogP contribution in [-0.4, -0.2) is 10.2 Å². The highest BCUT2D eigenvalue weighted by molar-refractivity contribution is 9.10. The molecule has 0 amide bonds. The van der Waals surface area contributed by atoms with Crippen LogP contribution < -0.4 is 0 Å². The van der Waals surface area contributed by atoms with Crippen molar-refractivity contribution in [2.75, 3.05) is 0 Å². The zero-order chi connectivity index (χ0) is 8.97. The highest BCUT2D eigenvalue weighted by Gasteiger charge is 2.07. The van der Waals surface area contributed by atoms with Crippen LogP contribution in [0.3, 0.4) is 0 Å². The fraction of sp³-hybridized carbons (Fsp3) is 0.667. The summed E-state index contributed by atoms with van der Waals surface area (Å²) in [6.45, 7) is 4.34. The van der Waals surface area contributed by atoms with Crippen molar-refractivity contribution in [2.24, 2.45) is 0 Å². The van der Waals surface area contributed by atoms with E-state index in [4.69, 9.17) is 0 Å². The van der Waals surface area contributed by atoms with Crippen LogP contribution in [0.1, 0.15) is 38.1 Å². The minimum Gasteiger partial charge on any atom is -0.281 e. The van der Waals surface area contributed by atoms with E-state index < -0.39 is 0 Å². The van der Waals surface area contributed by atoms with Gasteiger partial charge in [0.25, 0.3) is 0 Å². The fourth-order valence-corrected chi connectivity index (χ4v) is 1.80. The van der Waals surface area contributed by atoms with Crippen molar-refractivity contribution in [3.8, 4) is 0 Å². The lowest BCUT2D eigenvalue weighted by molar-refractivity contribution is 0.845. The van der Waals surface area contributed by atoms with Crippen molar-refractivity contribution in [3.63, 3.8) is 0 Å². The third-order valence-corrected chi connectivity index (χ3v) is 2.77. The molecule has 0 spiro atoms. The summed E-state index contributed by atoms with van der Waals surface area (Å²) >= 11 is 3.56. The van der Waals surface area contributed by atoms with Crippen molar-refractivity contribution < 1.29 is 0 Å². The lowest BCUT2D eigenvalue weighted by Gasteiger charge is -1.94. The van der Waals surface area contributed by atoms with Crippen molar-refractivity contribution in [1.29, 1.82) is 0 Å². The zero-order valence-corrected chi connectivity index (χ0v) is 9.24. The van der Waals surface area contributed by atoms with Crippen molar-refractivity contribution >= 4 is 15.9 Å². The number of nitrogens with zero attached hydrogens (tertiary/aromatic N) is 1. The Morgan fingerprint density at radius 2 is 1.92 bits per heavy atom. The van der Waals surface area contributed by atoms with Gasteiger partial charge in [0.1, 0.15) is 0 Å². The molecule has 68 valence electrons. The average Bonchev–Trinajstić information content (AvgIpc) is 2.38. The maximum atomic E-state index is 4.25. The molecule has 0 saturated heterocycles. The van der Waals surface area contributed by atoms with Crippen LogP contribution in [-0.2, 0) is 12.8 Å². The lowest BCUT2D eigenvalue weighted by atomic mass is 10.2. The molecule has 0 aliphatic carbocycles. The number of halogens is 1. The third-order valence-electron chi connectivity index (χ3n) is 1.83. The monoisotopic (exact) mass is 230 g/mol. The quantitative estimate of drug-likeness (QED) is 0.847. The summed E-state index contributed by atoms with van der Waals surface area (Å²) in [5.74, 6) is 0. The largest absolute Gasteiger partial charge is 0.281 e. The Bertz CT molecular complexity index is 219. The summed E-state index contributed by atoms with van der Waals surface area (Å²) in [5, 5.41) is 7.32. The SMILES string of the molecule is CCCc1n[nH]c(CCC)c1Br. The van der Waals surface area contributed by atoms with Gasteiger partial charge in [-0.2, -0.15) is 5.10 Å². The average molecular weight is 231 g/mol. The van der Waals surface area contributed by atoms with Gasteiger partial charge < -0.3 is 0 Å². The molecule has 0 bridgehead atoms. The predicted molar refractivity (Wildman–Crippen MR) is 54.3 cm³/mol. The second-order valence-electron chi connectivity index (χ2n) is 2.96. The first-order valence-electron chi connectivity index (χ1n) is 4.51. The smallest absolute Gasteiger partial charge is 0.0766 e. The lowest BCUT2D eigenvalue weighted by Crippen LogP contribution is -1.84. The molecule has 1 heterocycles. The van der Waals surface area contributed by atoms with E-state index in [2.05, 4.69) is 40.0 Å². The number of aromatic nitrogens is 2. The molecule has 0 saturated carbocycles. The van der Waals surface area contributed by atoms with E-state index in [0.717, 1.165) is 25.7 Å². The third kappa shape index (κ3) is 2.09. The van der Waals surface area contributed by atoms with Gasteiger partial charge in [-0.25, -0.2) is 0 Å². The van der Waals surface area contributed by atoms with E-state index in [1.165, 1.54) is 15.9 Å². The van der Waals surface area contributed by atoms with Crippen LogP contribution in [0.5, 0.6) is 0 Å². The van der Waals surface area contributed by atoms with E-state index in [9.17, 15) is 0 Å². The number of nitrogens with one attached hydrogen (secondary N) is 1. The van der Waals surface area contributed by atoms with Crippen LogP contribution in [0.25, 0.3) is 0 Å². The van der Waals surface area contributed by atoms with Gasteiger partial charge >= 0.3 is 0 Å². The molecule has 0 fully saturated rings. The Morgan fingerprint density at radius 1 is 1.25 bits per heavy atom. The Hall–Kier alpha value is -0.310. The summed E-state index contributed by atoms with van der Waals surface area (Å²) in [6.07, 6.45) is 4.44. The standard InChI is InChI=1S/C9H15BrN2/c1-3-5-7-9(10)8(6-4-2)12-11-7/h3-6H2,1-2H3,(H,11,12). The van der Waals surface area contributed by atoms with Crippen molar-refractivity contribution in [3.05, 3.63) is 15.9 Å². The molecule has 2 nitrogen and oxygen atoms in total. The summed E-state index contributed by atoms with van der Waals surface area (Å²) in [5.41, 5.74) is 2.40. The highest BCUT2D eigenvalue weighted by atomic mass is 79.9. The summed E-state index contributed by atoms with van der Waals surface area (Å²) < 4.78 is 1.19. The maximum absolute atomic E-state index is 4.25. The minimum atomic E-state index is 1.06. The van der Waals surface area contributed by atoms with Gasteiger partial charge in [0.2, 0.25) is 0 Å². The Balaban J connectivity index is 2.74. The van der Waals surface area contributed by atoms with Crippen molar-refractivity contribution in [2.45, 2.75) is 39.5 Å².